The molecule has 0 heterocycles. The number of nitro benzene ring substituents is 2. The van der Waals surface area contributed by atoms with Crippen LogP contribution in [0.5, 0.6) is 0 Å². The van der Waals surface area contributed by atoms with E-state index in [-0.39, 0.29) is 5.56 Å². The SMILES string of the molecule is O=C(Cc1c([N+](=O)[O-])cccc1[N+](=O)[O-])Nc1ccccc1. The molecule has 0 aliphatic carbocycles. The van der Waals surface area contributed by atoms with E-state index in [2.05, 4.69) is 5.32 Å². The van der Waals surface area contributed by atoms with Crippen molar-refractivity contribution in [1.29, 1.82) is 0 Å². The van der Waals surface area contributed by atoms with Crippen molar-refractivity contribution in [1.82, 2.24) is 0 Å². The predicted molar refractivity (Wildman–Crippen MR) is 78.5 cm³/mol. The van der Waals surface area contributed by atoms with Gasteiger partial charge in [0.2, 0.25) is 5.91 Å². The van der Waals surface area contributed by atoms with Gasteiger partial charge >= 0.3 is 0 Å². The second-order valence-electron chi connectivity index (χ2n) is 4.38. The number of nitro groups is 2. The highest BCUT2D eigenvalue weighted by Gasteiger charge is 2.26. The van der Waals surface area contributed by atoms with Crippen molar-refractivity contribution in [3.05, 3.63) is 74.3 Å². The quantitative estimate of drug-likeness (QED) is 0.673. The molecule has 2 aromatic rings. The minimum atomic E-state index is -0.738. The van der Waals surface area contributed by atoms with E-state index in [1.54, 1.807) is 30.3 Å². The third-order valence-corrected chi connectivity index (χ3v) is 2.91. The van der Waals surface area contributed by atoms with Gasteiger partial charge in [-0.15, -0.1) is 0 Å². The van der Waals surface area contributed by atoms with Crippen LogP contribution in [0.1, 0.15) is 5.56 Å². The van der Waals surface area contributed by atoms with Gasteiger partial charge in [0.05, 0.1) is 16.3 Å². The first-order valence-corrected chi connectivity index (χ1v) is 6.24. The Bertz CT molecular complexity index is 698. The van der Waals surface area contributed by atoms with Gasteiger partial charge in [-0.25, -0.2) is 0 Å². The highest BCUT2D eigenvalue weighted by atomic mass is 16.6. The van der Waals surface area contributed by atoms with E-state index in [0.29, 0.717) is 5.69 Å². The minimum Gasteiger partial charge on any atom is -0.326 e. The molecule has 0 radical (unpaired) electrons. The van der Waals surface area contributed by atoms with Crippen LogP contribution in [0, 0.1) is 20.2 Å². The van der Waals surface area contributed by atoms with Gasteiger partial charge in [-0.05, 0) is 18.2 Å². The summed E-state index contributed by atoms with van der Waals surface area (Å²) in [6.07, 6.45) is -0.456. The number of nitrogens with one attached hydrogen (secondary N) is 1. The Balaban J connectivity index is 2.29. The number of amides is 1. The van der Waals surface area contributed by atoms with Crippen molar-refractivity contribution in [3.63, 3.8) is 0 Å². The molecule has 0 aliphatic rings. The maximum atomic E-state index is 12.0. The first kappa shape index (κ1) is 15.1. The molecule has 0 aliphatic heterocycles. The Morgan fingerprint density at radius 3 is 1.95 bits per heavy atom. The largest absolute Gasteiger partial charge is 0.326 e. The summed E-state index contributed by atoms with van der Waals surface area (Å²) < 4.78 is 0. The standard InChI is InChI=1S/C14H11N3O5/c18-14(15-10-5-2-1-3-6-10)9-11-12(16(19)20)7-4-8-13(11)17(21)22/h1-8H,9H2,(H,15,18). The lowest BCUT2D eigenvalue weighted by Crippen LogP contribution is -2.16. The lowest BCUT2D eigenvalue weighted by Gasteiger charge is -2.06. The molecule has 0 unspecified atom stereocenters. The molecule has 0 aromatic heterocycles. The zero-order valence-corrected chi connectivity index (χ0v) is 11.3. The van der Waals surface area contributed by atoms with E-state index in [1.165, 1.54) is 6.07 Å². The van der Waals surface area contributed by atoms with E-state index in [0.717, 1.165) is 12.1 Å². The highest BCUT2D eigenvalue weighted by molar-refractivity contribution is 5.93. The van der Waals surface area contributed by atoms with Crippen LogP contribution >= 0.6 is 0 Å². The third-order valence-electron chi connectivity index (χ3n) is 2.91. The topological polar surface area (TPSA) is 115 Å². The molecule has 2 rings (SSSR count). The zero-order valence-electron chi connectivity index (χ0n) is 11.3. The summed E-state index contributed by atoms with van der Waals surface area (Å²) >= 11 is 0. The molecule has 0 saturated carbocycles. The summed E-state index contributed by atoms with van der Waals surface area (Å²) in [6, 6.07) is 12.0. The third kappa shape index (κ3) is 3.42. The number of hydrogen-bond donors (Lipinski definition) is 1. The number of hydrogen-bond acceptors (Lipinski definition) is 5. The van der Waals surface area contributed by atoms with E-state index in [1.807, 2.05) is 0 Å². The minimum absolute atomic E-state index is 0.217. The molecule has 0 spiro atoms. The van der Waals surface area contributed by atoms with Crippen molar-refractivity contribution in [2.24, 2.45) is 0 Å². The number of benzene rings is 2. The summed E-state index contributed by atoms with van der Waals surface area (Å²) in [5, 5.41) is 24.5. The fourth-order valence-corrected chi connectivity index (χ4v) is 1.97. The van der Waals surface area contributed by atoms with Crippen LogP contribution in [0.3, 0.4) is 0 Å². The molecule has 22 heavy (non-hydrogen) atoms. The van der Waals surface area contributed by atoms with Gasteiger partial charge in [-0.1, -0.05) is 18.2 Å². The average molecular weight is 301 g/mol. The van der Waals surface area contributed by atoms with Crippen molar-refractivity contribution >= 4 is 23.0 Å². The Morgan fingerprint density at radius 1 is 0.909 bits per heavy atom. The number of para-hydroxylation sites is 1. The second kappa shape index (κ2) is 6.44. The Morgan fingerprint density at radius 2 is 1.45 bits per heavy atom. The van der Waals surface area contributed by atoms with Gasteiger partial charge in [-0.3, -0.25) is 25.0 Å². The molecule has 1 N–H and O–H groups in total. The number of anilines is 1. The fraction of sp³-hybridized carbons (Fsp3) is 0.0714. The molecule has 0 saturated heterocycles. The molecular weight excluding hydrogens is 290 g/mol. The molecular formula is C14H11N3O5. The van der Waals surface area contributed by atoms with Gasteiger partial charge < -0.3 is 5.32 Å². The first-order valence-electron chi connectivity index (χ1n) is 6.24. The van der Waals surface area contributed by atoms with Crippen molar-refractivity contribution in [3.8, 4) is 0 Å². The van der Waals surface area contributed by atoms with Crippen LogP contribution in [0.25, 0.3) is 0 Å². The smallest absolute Gasteiger partial charge is 0.280 e. The molecule has 1 amide bonds. The fourth-order valence-electron chi connectivity index (χ4n) is 1.97. The van der Waals surface area contributed by atoms with E-state index >= 15 is 0 Å². The number of rotatable bonds is 5. The Kier molecular flexibility index (Phi) is 4.42. The highest BCUT2D eigenvalue weighted by Crippen LogP contribution is 2.28. The summed E-state index contributed by atoms with van der Waals surface area (Å²) in [5.41, 5.74) is -0.602. The van der Waals surface area contributed by atoms with E-state index in [9.17, 15) is 25.0 Å². The Hall–Kier alpha value is -3.29. The molecule has 0 atom stereocenters. The van der Waals surface area contributed by atoms with Crippen LogP contribution in [-0.2, 0) is 11.2 Å². The molecule has 8 heteroatoms. The molecule has 8 nitrogen and oxygen atoms in total. The van der Waals surface area contributed by atoms with Gasteiger partial charge in [0.25, 0.3) is 11.4 Å². The predicted octanol–water partition coefficient (Wildman–Crippen LogP) is 2.68. The van der Waals surface area contributed by atoms with Crippen molar-refractivity contribution < 1.29 is 14.6 Å². The normalized spacial score (nSPS) is 10.0. The van der Waals surface area contributed by atoms with Gasteiger partial charge in [0.15, 0.2) is 0 Å². The molecule has 2 aromatic carbocycles. The average Bonchev–Trinajstić information content (AvgIpc) is 2.47. The van der Waals surface area contributed by atoms with Gasteiger partial charge in [0, 0.05) is 17.8 Å². The van der Waals surface area contributed by atoms with Crippen molar-refractivity contribution in [2.45, 2.75) is 6.42 Å². The van der Waals surface area contributed by atoms with Crippen LogP contribution < -0.4 is 5.32 Å². The summed E-state index contributed by atoms with van der Waals surface area (Å²) in [6.45, 7) is 0. The summed E-state index contributed by atoms with van der Waals surface area (Å²) in [7, 11) is 0. The van der Waals surface area contributed by atoms with Crippen molar-refractivity contribution in [2.75, 3.05) is 5.32 Å². The van der Waals surface area contributed by atoms with Crippen LogP contribution in [0.2, 0.25) is 0 Å². The molecule has 0 fully saturated rings. The monoisotopic (exact) mass is 301 g/mol. The second-order valence-corrected chi connectivity index (χ2v) is 4.38. The lowest BCUT2D eigenvalue weighted by molar-refractivity contribution is -0.395. The van der Waals surface area contributed by atoms with Crippen LogP contribution in [0.4, 0.5) is 17.1 Å². The summed E-state index contributed by atoms with van der Waals surface area (Å²) in [4.78, 5) is 32.5. The van der Waals surface area contributed by atoms with Gasteiger partial charge in [-0.2, -0.15) is 0 Å². The van der Waals surface area contributed by atoms with Crippen LogP contribution in [0.15, 0.2) is 48.5 Å². The zero-order chi connectivity index (χ0) is 16.1. The number of carbonyl (C=O) groups excluding carboxylic acids is 1. The molecule has 0 bridgehead atoms. The first-order chi connectivity index (χ1) is 10.5. The van der Waals surface area contributed by atoms with Crippen LogP contribution in [-0.4, -0.2) is 15.8 Å². The van der Waals surface area contributed by atoms with E-state index in [4.69, 9.17) is 0 Å². The Labute approximate surface area is 124 Å². The maximum absolute atomic E-state index is 12.0. The summed E-state index contributed by atoms with van der Waals surface area (Å²) in [5.74, 6) is -0.566. The maximum Gasteiger partial charge on any atom is 0.280 e. The molecule has 112 valence electrons. The number of nitrogens with zero attached hydrogens (tertiary/aromatic N) is 2. The van der Waals surface area contributed by atoms with Gasteiger partial charge in [0.1, 0.15) is 5.56 Å². The van der Waals surface area contributed by atoms with E-state index < -0.39 is 33.5 Å². The lowest BCUT2D eigenvalue weighted by atomic mass is 10.1. The number of carbonyl (C=O) groups is 1.